The zero-order chi connectivity index (χ0) is 13.9. The SMILES string of the molecule is CCCN1CCC[C@@H]1c1nc([C@@H](C)n2ccnc2)no1. The van der Waals surface area contributed by atoms with E-state index in [1.165, 1.54) is 6.42 Å². The minimum absolute atomic E-state index is 0.0519. The van der Waals surface area contributed by atoms with Gasteiger partial charge in [0.15, 0.2) is 5.82 Å². The van der Waals surface area contributed by atoms with Crippen LogP contribution in [0.3, 0.4) is 0 Å². The van der Waals surface area contributed by atoms with Crippen molar-refractivity contribution in [1.29, 1.82) is 0 Å². The molecule has 2 atom stereocenters. The Morgan fingerprint density at radius 2 is 2.40 bits per heavy atom. The predicted molar refractivity (Wildman–Crippen MR) is 74.2 cm³/mol. The van der Waals surface area contributed by atoms with Crippen LogP contribution in [0.5, 0.6) is 0 Å². The van der Waals surface area contributed by atoms with Gasteiger partial charge in [-0.05, 0) is 39.3 Å². The highest BCUT2D eigenvalue weighted by atomic mass is 16.5. The Morgan fingerprint density at radius 3 is 3.15 bits per heavy atom. The quantitative estimate of drug-likeness (QED) is 0.838. The second-order valence-electron chi connectivity index (χ2n) is 5.37. The van der Waals surface area contributed by atoms with Gasteiger partial charge >= 0.3 is 0 Å². The first-order valence-corrected chi connectivity index (χ1v) is 7.34. The maximum Gasteiger partial charge on any atom is 0.244 e. The van der Waals surface area contributed by atoms with Crippen LogP contribution in [0, 0.1) is 0 Å². The van der Waals surface area contributed by atoms with Gasteiger partial charge < -0.3 is 9.09 Å². The number of nitrogens with zero attached hydrogens (tertiary/aromatic N) is 5. The second-order valence-corrected chi connectivity index (χ2v) is 5.37. The molecule has 1 fully saturated rings. The fourth-order valence-corrected chi connectivity index (χ4v) is 2.84. The third kappa shape index (κ3) is 2.47. The van der Waals surface area contributed by atoms with Crippen LogP contribution in [0.4, 0.5) is 0 Å². The lowest BCUT2D eigenvalue weighted by Crippen LogP contribution is -2.24. The lowest BCUT2D eigenvalue weighted by Gasteiger charge is -2.20. The highest BCUT2D eigenvalue weighted by molar-refractivity contribution is 5.01. The fraction of sp³-hybridized carbons (Fsp3) is 0.643. The molecule has 3 rings (SSSR count). The van der Waals surface area contributed by atoms with E-state index in [-0.39, 0.29) is 6.04 Å². The van der Waals surface area contributed by atoms with Crippen molar-refractivity contribution in [3.05, 3.63) is 30.4 Å². The van der Waals surface area contributed by atoms with E-state index < -0.39 is 0 Å². The Bertz CT molecular complexity index is 536. The van der Waals surface area contributed by atoms with Crippen molar-refractivity contribution in [2.45, 2.75) is 45.2 Å². The van der Waals surface area contributed by atoms with Crippen LogP contribution in [0.25, 0.3) is 0 Å². The first-order valence-electron chi connectivity index (χ1n) is 7.34. The van der Waals surface area contributed by atoms with Gasteiger partial charge in [0, 0.05) is 12.4 Å². The van der Waals surface area contributed by atoms with Crippen LogP contribution in [-0.4, -0.2) is 37.7 Å². The number of imidazole rings is 1. The summed E-state index contributed by atoms with van der Waals surface area (Å²) in [6.07, 6.45) is 8.93. The molecule has 0 aromatic carbocycles. The van der Waals surface area contributed by atoms with Crippen LogP contribution >= 0.6 is 0 Å². The van der Waals surface area contributed by atoms with Crippen LogP contribution < -0.4 is 0 Å². The summed E-state index contributed by atoms with van der Waals surface area (Å²) in [6.45, 7) is 6.48. The molecule has 0 radical (unpaired) electrons. The summed E-state index contributed by atoms with van der Waals surface area (Å²) in [5.41, 5.74) is 0. The van der Waals surface area contributed by atoms with Gasteiger partial charge in [-0.3, -0.25) is 4.90 Å². The first kappa shape index (κ1) is 13.3. The molecule has 0 N–H and O–H groups in total. The van der Waals surface area contributed by atoms with Crippen LogP contribution in [0.15, 0.2) is 23.2 Å². The van der Waals surface area contributed by atoms with Gasteiger partial charge in [-0.15, -0.1) is 0 Å². The summed E-state index contributed by atoms with van der Waals surface area (Å²) >= 11 is 0. The van der Waals surface area contributed by atoms with Crippen molar-refractivity contribution in [2.75, 3.05) is 13.1 Å². The molecule has 2 aromatic heterocycles. The van der Waals surface area contributed by atoms with E-state index in [0.717, 1.165) is 37.6 Å². The summed E-state index contributed by atoms with van der Waals surface area (Å²) in [6, 6.07) is 0.349. The van der Waals surface area contributed by atoms with Gasteiger partial charge in [-0.2, -0.15) is 4.98 Å². The monoisotopic (exact) mass is 275 g/mol. The van der Waals surface area contributed by atoms with Gasteiger partial charge in [0.1, 0.15) is 0 Å². The molecule has 1 saturated heterocycles. The Balaban J connectivity index is 1.76. The lowest BCUT2D eigenvalue weighted by atomic mass is 10.2. The summed E-state index contributed by atoms with van der Waals surface area (Å²) in [5.74, 6) is 1.49. The zero-order valence-electron chi connectivity index (χ0n) is 12.1. The number of rotatable bonds is 5. The van der Waals surface area contributed by atoms with E-state index in [4.69, 9.17) is 4.52 Å². The van der Waals surface area contributed by atoms with Crippen molar-refractivity contribution < 1.29 is 4.52 Å². The minimum Gasteiger partial charge on any atom is -0.338 e. The summed E-state index contributed by atoms with van der Waals surface area (Å²) in [7, 11) is 0. The van der Waals surface area contributed by atoms with Gasteiger partial charge in [-0.25, -0.2) is 4.98 Å². The van der Waals surface area contributed by atoms with Crippen LogP contribution in [-0.2, 0) is 0 Å². The van der Waals surface area contributed by atoms with Crippen LogP contribution in [0.2, 0.25) is 0 Å². The number of hydrogen-bond acceptors (Lipinski definition) is 5. The Morgan fingerprint density at radius 1 is 1.50 bits per heavy atom. The van der Waals surface area contributed by atoms with Crippen LogP contribution in [0.1, 0.15) is 56.9 Å². The van der Waals surface area contributed by atoms with Crippen molar-refractivity contribution in [2.24, 2.45) is 0 Å². The van der Waals surface area contributed by atoms with E-state index in [2.05, 4.69) is 33.9 Å². The third-order valence-electron chi connectivity index (χ3n) is 3.96. The molecule has 1 aliphatic rings. The average molecular weight is 275 g/mol. The smallest absolute Gasteiger partial charge is 0.244 e. The van der Waals surface area contributed by atoms with Crippen molar-refractivity contribution in [3.8, 4) is 0 Å². The number of likely N-dealkylation sites (tertiary alicyclic amines) is 1. The van der Waals surface area contributed by atoms with E-state index >= 15 is 0 Å². The predicted octanol–water partition coefficient (Wildman–Crippen LogP) is 2.42. The summed E-state index contributed by atoms with van der Waals surface area (Å²) < 4.78 is 7.49. The second kappa shape index (κ2) is 5.75. The zero-order valence-corrected chi connectivity index (χ0v) is 12.1. The molecule has 0 bridgehead atoms. The number of hydrogen-bond donors (Lipinski definition) is 0. The molecular formula is C14H21N5O. The van der Waals surface area contributed by atoms with Gasteiger partial charge in [0.05, 0.1) is 18.4 Å². The molecule has 1 aliphatic heterocycles. The van der Waals surface area contributed by atoms with Crippen molar-refractivity contribution in [1.82, 2.24) is 24.6 Å². The van der Waals surface area contributed by atoms with Crippen molar-refractivity contribution in [3.63, 3.8) is 0 Å². The van der Waals surface area contributed by atoms with E-state index in [0.29, 0.717) is 6.04 Å². The minimum atomic E-state index is 0.0519. The molecule has 0 saturated carbocycles. The third-order valence-corrected chi connectivity index (χ3v) is 3.96. The molecule has 3 heterocycles. The first-order chi connectivity index (χ1) is 9.79. The molecule has 20 heavy (non-hydrogen) atoms. The Labute approximate surface area is 118 Å². The molecule has 108 valence electrons. The lowest BCUT2D eigenvalue weighted by molar-refractivity contribution is 0.208. The molecular weight excluding hydrogens is 254 g/mol. The maximum atomic E-state index is 5.51. The van der Waals surface area contributed by atoms with Gasteiger partial charge in [0.2, 0.25) is 5.89 Å². The molecule has 6 heteroatoms. The molecule has 6 nitrogen and oxygen atoms in total. The molecule has 0 unspecified atom stereocenters. The normalized spacial score (nSPS) is 21.4. The molecule has 0 amide bonds. The highest BCUT2D eigenvalue weighted by Gasteiger charge is 2.30. The molecule has 0 spiro atoms. The topological polar surface area (TPSA) is 60.0 Å². The standard InChI is InChI=1S/C14H21N5O/c1-3-7-18-8-4-5-12(18)14-16-13(17-20-14)11(2)19-9-6-15-10-19/h6,9-12H,3-5,7-8H2,1-2H3/t11-,12-/m1/s1. The molecule has 0 aliphatic carbocycles. The van der Waals surface area contributed by atoms with Crippen molar-refractivity contribution >= 4 is 0 Å². The molecule has 2 aromatic rings. The maximum absolute atomic E-state index is 5.51. The fourth-order valence-electron chi connectivity index (χ4n) is 2.84. The number of aromatic nitrogens is 4. The average Bonchev–Trinajstić information content (AvgIpc) is 3.19. The largest absolute Gasteiger partial charge is 0.338 e. The highest BCUT2D eigenvalue weighted by Crippen LogP contribution is 2.31. The van der Waals surface area contributed by atoms with E-state index in [1.807, 2.05) is 10.8 Å². The summed E-state index contributed by atoms with van der Waals surface area (Å²) in [5, 5.41) is 4.15. The van der Waals surface area contributed by atoms with Gasteiger partial charge in [0.25, 0.3) is 0 Å². The Kier molecular flexibility index (Phi) is 3.82. The Hall–Kier alpha value is -1.69. The van der Waals surface area contributed by atoms with E-state index in [1.54, 1.807) is 12.5 Å². The van der Waals surface area contributed by atoms with Gasteiger partial charge in [-0.1, -0.05) is 12.1 Å². The van der Waals surface area contributed by atoms with E-state index in [9.17, 15) is 0 Å². The summed E-state index contributed by atoms with van der Waals surface area (Å²) in [4.78, 5) is 11.1.